The Kier molecular flexibility index (Phi) is 2.78. The van der Waals surface area contributed by atoms with Crippen molar-refractivity contribution in [3.8, 4) is 0 Å². The van der Waals surface area contributed by atoms with Gasteiger partial charge in [0, 0.05) is 18.0 Å². The van der Waals surface area contributed by atoms with Gasteiger partial charge in [-0.2, -0.15) is 8.42 Å². The van der Waals surface area contributed by atoms with Crippen LogP contribution >= 0.6 is 0 Å². The van der Waals surface area contributed by atoms with Gasteiger partial charge in [0.1, 0.15) is 0 Å². The lowest BCUT2D eigenvalue weighted by atomic mass is 10.1. The molecule has 0 unspecified atom stereocenters. The largest absolute Gasteiger partial charge is 0.342 e. The predicted molar refractivity (Wildman–Crippen MR) is 58.3 cm³/mol. The maximum Gasteiger partial charge on any atom is 0.294 e. The number of nitrogens with one attached hydrogen (secondary N) is 1. The molecule has 0 aliphatic heterocycles. The molecule has 0 bridgehead atoms. The first-order valence-electron chi connectivity index (χ1n) is 4.60. The lowest BCUT2D eigenvalue weighted by Gasteiger charge is -2.00. The molecule has 0 fully saturated rings. The number of hydrogen-bond acceptors (Lipinski definition) is 4. The van der Waals surface area contributed by atoms with Gasteiger partial charge in [-0.05, 0) is 12.1 Å². The van der Waals surface area contributed by atoms with Crippen molar-refractivity contribution in [3.05, 3.63) is 48.0 Å². The minimum atomic E-state index is -4.31. The molecule has 1 aromatic heterocycles. The van der Waals surface area contributed by atoms with Gasteiger partial charge in [0.05, 0.1) is 4.90 Å². The second-order valence-corrected chi connectivity index (χ2v) is 4.69. The summed E-state index contributed by atoms with van der Waals surface area (Å²) in [5, 5.41) is 0. The Labute approximate surface area is 97.1 Å². The zero-order valence-corrected chi connectivity index (χ0v) is 9.31. The molecule has 6 nitrogen and oxygen atoms in total. The van der Waals surface area contributed by atoms with E-state index < -0.39 is 15.9 Å². The maximum atomic E-state index is 11.8. The zero-order chi connectivity index (χ0) is 12.5. The van der Waals surface area contributed by atoms with Crippen molar-refractivity contribution < 1.29 is 17.8 Å². The molecule has 0 amide bonds. The smallest absolute Gasteiger partial charge is 0.294 e. The van der Waals surface area contributed by atoms with Crippen LogP contribution in [0.4, 0.5) is 0 Å². The van der Waals surface area contributed by atoms with E-state index in [1.165, 1.54) is 30.6 Å². The molecular formula is C10H8N2O4S. The first-order chi connectivity index (χ1) is 7.98. The number of H-pyrrole nitrogens is 1. The van der Waals surface area contributed by atoms with Gasteiger partial charge in [0.15, 0.2) is 5.82 Å². The third-order valence-corrected chi connectivity index (χ3v) is 2.96. The van der Waals surface area contributed by atoms with E-state index in [0.717, 1.165) is 6.07 Å². The highest BCUT2D eigenvalue weighted by Gasteiger charge is 2.15. The molecule has 7 heteroatoms. The fourth-order valence-corrected chi connectivity index (χ4v) is 1.85. The summed E-state index contributed by atoms with van der Waals surface area (Å²) in [5.41, 5.74) is 0.134. The molecule has 0 saturated carbocycles. The minimum absolute atomic E-state index is 0.109. The van der Waals surface area contributed by atoms with E-state index in [2.05, 4.69) is 9.97 Å². The van der Waals surface area contributed by atoms with Crippen molar-refractivity contribution >= 4 is 15.9 Å². The van der Waals surface area contributed by atoms with E-state index in [-0.39, 0.29) is 16.3 Å². The van der Waals surface area contributed by atoms with Crippen molar-refractivity contribution in [1.82, 2.24) is 9.97 Å². The minimum Gasteiger partial charge on any atom is -0.342 e. The van der Waals surface area contributed by atoms with Crippen molar-refractivity contribution in [2.24, 2.45) is 0 Å². The van der Waals surface area contributed by atoms with Gasteiger partial charge >= 0.3 is 0 Å². The van der Waals surface area contributed by atoms with Crippen LogP contribution in [-0.2, 0) is 10.1 Å². The normalized spacial score (nSPS) is 11.4. The molecule has 1 heterocycles. The van der Waals surface area contributed by atoms with Crippen LogP contribution in [0.3, 0.4) is 0 Å². The molecule has 88 valence electrons. The first kappa shape index (κ1) is 11.5. The number of imidazole rings is 1. The lowest BCUT2D eigenvalue weighted by molar-refractivity contribution is 0.103. The Balaban J connectivity index is 2.45. The van der Waals surface area contributed by atoms with E-state index in [1.54, 1.807) is 0 Å². The van der Waals surface area contributed by atoms with E-state index in [4.69, 9.17) is 4.55 Å². The molecule has 0 spiro atoms. The fourth-order valence-electron chi connectivity index (χ4n) is 1.32. The third-order valence-electron chi connectivity index (χ3n) is 2.11. The molecule has 0 aliphatic carbocycles. The number of ketones is 1. The van der Waals surface area contributed by atoms with Crippen LogP contribution in [0.2, 0.25) is 0 Å². The van der Waals surface area contributed by atoms with Gasteiger partial charge in [-0.15, -0.1) is 0 Å². The van der Waals surface area contributed by atoms with E-state index in [0.29, 0.717) is 0 Å². The van der Waals surface area contributed by atoms with Crippen molar-refractivity contribution in [3.63, 3.8) is 0 Å². The average molecular weight is 252 g/mol. The second-order valence-electron chi connectivity index (χ2n) is 3.27. The first-order valence-corrected chi connectivity index (χ1v) is 6.04. The highest BCUT2D eigenvalue weighted by atomic mass is 32.2. The van der Waals surface area contributed by atoms with Gasteiger partial charge in [-0.1, -0.05) is 12.1 Å². The van der Waals surface area contributed by atoms with Gasteiger partial charge in [0.2, 0.25) is 5.78 Å². The van der Waals surface area contributed by atoms with E-state index in [9.17, 15) is 13.2 Å². The van der Waals surface area contributed by atoms with Crippen LogP contribution < -0.4 is 0 Å². The number of carbonyl (C=O) groups is 1. The van der Waals surface area contributed by atoms with E-state index in [1.807, 2.05) is 0 Å². The van der Waals surface area contributed by atoms with Crippen molar-refractivity contribution in [1.29, 1.82) is 0 Å². The molecular weight excluding hydrogens is 244 g/mol. The quantitative estimate of drug-likeness (QED) is 0.624. The molecule has 2 rings (SSSR count). The summed E-state index contributed by atoms with van der Waals surface area (Å²) in [7, 11) is -4.31. The fraction of sp³-hybridized carbons (Fsp3) is 0. The average Bonchev–Trinajstić information content (AvgIpc) is 2.80. The Morgan fingerprint density at radius 1 is 1.35 bits per heavy atom. The predicted octanol–water partition coefficient (Wildman–Crippen LogP) is 0.887. The summed E-state index contributed by atoms with van der Waals surface area (Å²) >= 11 is 0. The molecule has 1 aromatic carbocycles. The Bertz CT molecular complexity index is 647. The highest BCUT2D eigenvalue weighted by Crippen LogP contribution is 2.13. The van der Waals surface area contributed by atoms with Gasteiger partial charge in [-0.3, -0.25) is 9.35 Å². The molecule has 2 N–H and O–H groups in total. The standard InChI is InChI=1S/C10H8N2O4S/c13-9(10-11-4-5-12-10)7-2-1-3-8(6-7)17(14,15)16/h1-6H,(H,11,12)(H,14,15,16). The zero-order valence-electron chi connectivity index (χ0n) is 8.49. The Morgan fingerprint density at radius 2 is 2.12 bits per heavy atom. The van der Waals surface area contributed by atoms with Gasteiger partial charge < -0.3 is 4.98 Å². The van der Waals surface area contributed by atoms with Crippen molar-refractivity contribution in [2.45, 2.75) is 4.90 Å². The summed E-state index contributed by atoms with van der Waals surface area (Å²) in [5.74, 6) is -0.335. The lowest BCUT2D eigenvalue weighted by Crippen LogP contribution is -2.06. The molecule has 0 aliphatic rings. The number of benzene rings is 1. The van der Waals surface area contributed by atoms with Crippen LogP contribution in [0.15, 0.2) is 41.6 Å². The maximum absolute atomic E-state index is 11.8. The van der Waals surface area contributed by atoms with Crippen LogP contribution in [0, 0.1) is 0 Å². The summed E-state index contributed by atoms with van der Waals surface area (Å²) in [4.78, 5) is 17.9. The number of aromatic nitrogens is 2. The molecule has 0 atom stereocenters. The SMILES string of the molecule is O=C(c1cccc(S(=O)(=O)O)c1)c1ncc[nH]1. The topological polar surface area (TPSA) is 100 Å². The number of rotatable bonds is 3. The number of carbonyl (C=O) groups excluding carboxylic acids is 1. The van der Waals surface area contributed by atoms with E-state index >= 15 is 0 Å². The summed E-state index contributed by atoms with van der Waals surface area (Å²) in [6, 6.07) is 5.12. The number of hydrogen-bond donors (Lipinski definition) is 2. The molecule has 2 aromatic rings. The Morgan fingerprint density at radius 3 is 2.71 bits per heavy atom. The summed E-state index contributed by atoms with van der Waals surface area (Å²) in [6.07, 6.45) is 2.90. The third kappa shape index (κ3) is 2.40. The molecule has 0 saturated heterocycles. The van der Waals surface area contributed by atoms with Crippen LogP contribution in [0.5, 0.6) is 0 Å². The highest BCUT2D eigenvalue weighted by molar-refractivity contribution is 7.85. The Hall–Kier alpha value is -1.99. The van der Waals surface area contributed by atoms with Crippen LogP contribution in [-0.4, -0.2) is 28.7 Å². The van der Waals surface area contributed by atoms with Crippen LogP contribution in [0.1, 0.15) is 16.2 Å². The number of aromatic amines is 1. The number of nitrogens with zero attached hydrogens (tertiary/aromatic N) is 1. The second kappa shape index (κ2) is 4.11. The molecule has 17 heavy (non-hydrogen) atoms. The van der Waals surface area contributed by atoms with Gasteiger partial charge in [-0.25, -0.2) is 4.98 Å². The van der Waals surface area contributed by atoms with Gasteiger partial charge in [0.25, 0.3) is 10.1 Å². The monoisotopic (exact) mass is 252 g/mol. The van der Waals surface area contributed by atoms with Crippen molar-refractivity contribution in [2.75, 3.05) is 0 Å². The molecule has 0 radical (unpaired) electrons. The summed E-state index contributed by atoms with van der Waals surface area (Å²) < 4.78 is 30.7. The summed E-state index contributed by atoms with van der Waals surface area (Å²) in [6.45, 7) is 0. The van der Waals surface area contributed by atoms with Crippen LogP contribution in [0.25, 0.3) is 0 Å².